The quantitative estimate of drug-likeness (QED) is 0.329. The lowest BCUT2D eigenvalue weighted by Gasteiger charge is -2.48. The average molecular weight is 593 g/mol. The SMILES string of the molecule is O=C1OC2CC3(C(=O)NCCO)C(ON(Cc4ccccc4C=CC4CCC5OC5C4)C13)C1OC(C3CC3)(C3CC3)OC21. The molecule has 9 atom stereocenters. The summed E-state index contributed by atoms with van der Waals surface area (Å²) in [4.78, 5) is 34.6. The van der Waals surface area contributed by atoms with E-state index in [0.29, 0.717) is 42.9 Å². The molecule has 2 N–H and O–H groups in total. The normalized spacial score (nSPS) is 42.4. The first-order valence-corrected chi connectivity index (χ1v) is 16.3. The van der Waals surface area contributed by atoms with Crippen LogP contribution in [0.5, 0.6) is 0 Å². The molecule has 1 amide bonds. The fourth-order valence-corrected chi connectivity index (χ4v) is 8.86. The molecule has 4 aliphatic carbocycles. The van der Waals surface area contributed by atoms with Crippen LogP contribution in [-0.4, -0.2) is 83.7 Å². The molecule has 43 heavy (non-hydrogen) atoms. The van der Waals surface area contributed by atoms with Crippen LogP contribution in [0.2, 0.25) is 0 Å². The smallest absolute Gasteiger partial charge is 0.327 e. The van der Waals surface area contributed by atoms with Crippen molar-refractivity contribution >= 4 is 18.0 Å². The third-order valence-electron chi connectivity index (χ3n) is 11.3. The maximum Gasteiger partial charge on any atom is 0.327 e. The number of nitrogens with zero attached hydrogens (tertiary/aromatic N) is 1. The van der Waals surface area contributed by atoms with E-state index in [0.717, 1.165) is 56.1 Å². The van der Waals surface area contributed by atoms with Gasteiger partial charge >= 0.3 is 5.97 Å². The summed E-state index contributed by atoms with van der Waals surface area (Å²) in [6, 6.07) is 7.19. The lowest BCUT2D eigenvalue weighted by Crippen LogP contribution is -2.69. The molecule has 10 heteroatoms. The highest BCUT2D eigenvalue weighted by molar-refractivity contribution is 5.93. The minimum absolute atomic E-state index is 0.0979. The van der Waals surface area contributed by atoms with E-state index >= 15 is 0 Å². The van der Waals surface area contributed by atoms with Gasteiger partial charge in [-0.2, -0.15) is 5.06 Å². The number of amides is 1. The second-order valence-electron chi connectivity index (χ2n) is 14.0. The zero-order chi connectivity index (χ0) is 28.9. The zero-order valence-electron chi connectivity index (χ0n) is 24.3. The number of allylic oxidation sites excluding steroid dienone is 1. The Balaban J connectivity index is 1.04. The molecule has 4 heterocycles. The van der Waals surface area contributed by atoms with Crippen molar-refractivity contribution in [2.45, 2.75) is 106 Å². The number of hydrogen-bond donors (Lipinski definition) is 2. The van der Waals surface area contributed by atoms with Gasteiger partial charge in [-0.15, -0.1) is 0 Å². The van der Waals surface area contributed by atoms with Gasteiger partial charge in [0.25, 0.3) is 0 Å². The molecule has 4 aliphatic heterocycles. The summed E-state index contributed by atoms with van der Waals surface area (Å²) in [7, 11) is 0. The molecule has 4 saturated heterocycles. The van der Waals surface area contributed by atoms with E-state index in [4.69, 9.17) is 23.8 Å². The number of epoxide rings is 1. The number of esters is 1. The van der Waals surface area contributed by atoms with Crippen molar-refractivity contribution in [3.8, 4) is 0 Å². The number of hydroxylamine groups is 2. The standard InChI is InChI=1S/C33H40N2O8/c36-14-13-34-31(38)32-16-25-26-27(42-33(41-26,21-8-9-21)22-10-11-22)29(32)43-35(28(32)30(37)40-25)17-20-4-2-1-3-19(20)7-5-18-6-12-23-24(15-18)39-23/h1-5,7,18,21-29,36H,6,8-17H2,(H,34,38). The Kier molecular flexibility index (Phi) is 6.17. The molecule has 1 aromatic carbocycles. The number of aliphatic hydroxyl groups excluding tert-OH is 1. The number of fused-ring (bicyclic) bond motifs is 5. The molecule has 2 bridgehead atoms. The second-order valence-corrected chi connectivity index (χ2v) is 14.0. The minimum atomic E-state index is -1.21. The Labute approximate surface area is 250 Å². The molecule has 9 unspecified atom stereocenters. The van der Waals surface area contributed by atoms with Gasteiger partial charge < -0.3 is 29.4 Å². The van der Waals surface area contributed by atoms with Crippen LogP contribution < -0.4 is 5.32 Å². The Morgan fingerprint density at radius 1 is 1.02 bits per heavy atom. The Morgan fingerprint density at radius 2 is 1.81 bits per heavy atom. The Morgan fingerprint density at radius 3 is 2.58 bits per heavy atom. The topological polar surface area (TPSA) is 119 Å². The predicted octanol–water partition coefficient (Wildman–Crippen LogP) is 2.48. The summed E-state index contributed by atoms with van der Waals surface area (Å²) >= 11 is 0. The van der Waals surface area contributed by atoms with E-state index in [1.54, 1.807) is 5.06 Å². The van der Waals surface area contributed by atoms with Gasteiger partial charge in [0.2, 0.25) is 5.91 Å². The summed E-state index contributed by atoms with van der Waals surface area (Å²) in [6.07, 6.45) is 10.9. The van der Waals surface area contributed by atoms with Crippen LogP contribution in [0, 0.1) is 23.2 Å². The van der Waals surface area contributed by atoms with Crippen molar-refractivity contribution in [2.75, 3.05) is 13.2 Å². The number of ether oxygens (including phenoxy) is 4. The fraction of sp³-hybridized carbons (Fsp3) is 0.697. The summed E-state index contributed by atoms with van der Waals surface area (Å²) in [5, 5.41) is 14.1. The van der Waals surface area contributed by atoms with Gasteiger partial charge in [-0.3, -0.25) is 14.4 Å². The van der Waals surface area contributed by atoms with E-state index < -0.39 is 47.6 Å². The number of rotatable bonds is 9. The molecule has 4 saturated carbocycles. The number of hydrogen-bond acceptors (Lipinski definition) is 9. The molecule has 0 spiro atoms. The highest BCUT2D eigenvalue weighted by Gasteiger charge is 2.78. The van der Waals surface area contributed by atoms with Crippen LogP contribution in [0.15, 0.2) is 30.3 Å². The van der Waals surface area contributed by atoms with Crippen LogP contribution in [0.3, 0.4) is 0 Å². The van der Waals surface area contributed by atoms with E-state index in [1.165, 1.54) is 0 Å². The summed E-state index contributed by atoms with van der Waals surface area (Å²) in [5.74, 6) is -0.312. The maximum atomic E-state index is 14.1. The Hall–Kier alpha value is -2.34. The van der Waals surface area contributed by atoms with Gasteiger partial charge in [-0.05, 0) is 62.0 Å². The molecule has 230 valence electrons. The van der Waals surface area contributed by atoms with Crippen LogP contribution in [-0.2, 0) is 39.9 Å². The van der Waals surface area contributed by atoms with Gasteiger partial charge in [-0.25, -0.2) is 0 Å². The first-order valence-electron chi connectivity index (χ1n) is 16.3. The third kappa shape index (κ3) is 4.20. The predicted molar refractivity (Wildman–Crippen MR) is 151 cm³/mol. The summed E-state index contributed by atoms with van der Waals surface area (Å²) < 4.78 is 25.5. The fourth-order valence-electron chi connectivity index (χ4n) is 8.86. The number of benzene rings is 1. The zero-order valence-corrected chi connectivity index (χ0v) is 24.3. The van der Waals surface area contributed by atoms with E-state index in [2.05, 4.69) is 23.5 Å². The van der Waals surface area contributed by atoms with Crippen molar-refractivity contribution in [3.05, 3.63) is 41.5 Å². The van der Waals surface area contributed by atoms with E-state index in [-0.39, 0.29) is 19.1 Å². The molecular weight excluding hydrogens is 552 g/mol. The lowest BCUT2D eigenvalue weighted by molar-refractivity contribution is -0.235. The van der Waals surface area contributed by atoms with Crippen LogP contribution >= 0.6 is 0 Å². The summed E-state index contributed by atoms with van der Waals surface area (Å²) in [5.41, 5.74) is 0.844. The number of carbonyl (C=O) groups excluding carboxylic acids is 2. The summed E-state index contributed by atoms with van der Waals surface area (Å²) in [6.45, 7) is 0.215. The monoisotopic (exact) mass is 592 g/mol. The molecule has 1 aromatic rings. The van der Waals surface area contributed by atoms with Crippen LogP contribution in [0.25, 0.3) is 6.08 Å². The molecular formula is C33H40N2O8. The van der Waals surface area contributed by atoms with Gasteiger partial charge in [0.15, 0.2) is 11.8 Å². The van der Waals surface area contributed by atoms with Crippen LogP contribution in [0.1, 0.15) is 62.5 Å². The van der Waals surface area contributed by atoms with E-state index in [1.807, 2.05) is 18.2 Å². The molecule has 0 radical (unpaired) electrons. The molecule has 8 fully saturated rings. The number of aliphatic hydroxyl groups is 1. The highest BCUT2D eigenvalue weighted by Crippen LogP contribution is 2.63. The molecule has 8 aliphatic rings. The van der Waals surface area contributed by atoms with Crippen LogP contribution in [0.4, 0.5) is 0 Å². The van der Waals surface area contributed by atoms with Crippen molar-refractivity contribution in [3.63, 3.8) is 0 Å². The number of carbonyl (C=O) groups is 2. The van der Waals surface area contributed by atoms with E-state index in [9.17, 15) is 14.7 Å². The highest BCUT2D eigenvalue weighted by atomic mass is 16.8. The number of nitrogens with one attached hydrogen (secondary N) is 1. The maximum absolute atomic E-state index is 14.1. The van der Waals surface area contributed by atoms with Crippen molar-refractivity contribution in [2.24, 2.45) is 23.2 Å². The minimum Gasteiger partial charge on any atom is -0.458 e. The molecule has 0 aromatic heterocycles. The first kappa shape index (κ1) is 27.0. The Bertz CT molecular complexity index is 1330. The molecule has 9 rings (SSSR count). The average Bonchev–Trinajstić information content (AvgIpc) is 3.90. The second kappa shape index (κ2) is 9.83. The van der Waals surface area contributed by atoms with Gasteiger partial charge in [0.1, 0.15) is 29.8 Å². The van der Waals surface area contributed by atoms with Crippen molar-refractivity contribution < 1.29 is 38.5 Å². The van der Waals surface area contributed by atoms with Crippen molar-refractivity contribution in [1.29, 1.82) is 0 Å². The van der Waals surface area contributed by atoms with Crippen molar-refractivity contribution in [1.82, 2.24) is 10.4 Å². The van der Waals surface area contributed by atoms with Gasteiger partial charge in [-0.1, -0.05) is 36.4 Å². The van der Waals surface area contributed by atoms with Gasteiger partial charge in [0.05, 0.1) is 25.4 Å². The lowest BCUT2D eigenvalue weighted by atomic mass is 9.62. The third-order valence-corrected chi connectivity index (χ3v) is 11.3. The van der Waals surface area contributed by atoms with Gasteiger partial charge in [0, 0.05) is 24.8 Å². The molecule has 10 nitrogen and oxygen atoms in total. The first-order chi connectivity index (χ1) is 21.0. The largest absolute Gasteiger partial charge is 0.458 e.